The van der Waals surface area contributed by atoms with Gasteiger partial charge in [-0.05, 0) is 35.6 Å². The number of hydrogen-bond donors (Lipinski definition) is 3. The van der Waals surface area contributed by atoms with Gasteiger partial charge in [-0.2, -0.15) is 0 Å². The van der Waals surface area contributed by atoms with Gasteiger partial charge >= 0.3 is 12.1 Å². The number of rotatable bonds is 9. The molecule has 2 amide bonds. The Labute approximate surface area is 207 Å². The van der Waals surface area contributed by atoms with Crippen LogP contribution in [0.4, 0.5) is 4.79 Å². The van der Waals surface area contributed by atoms with E-state index >= 15 is 0 Å². The number of carboxylic acids is 1. The minimum atomic E-state index is -1.12. The Kier molecular flexibility index (Phi) is 7.45. The highest BCUT2D eigenvalue weighted by Gasteiger charge is 2.30. The van der Waals surface area contributed by atoms with Crippen LogP contribution in [-0.4, -0.2) is 40.7 Å². The van der Waals surface area contributed by atoms with Gasteiger partial charge in [0, 0.05) is 11.3 Å². The number of amides is 2. The fraction of sp³-hybridized carbons (Fsp3) is 0.308. The molecule has 8 nitrogen and oxygen atoms in total. The number of aromatic carboxylic acids is 1. The summed E-state index contributed by atoms with van der Waals surface area (Å²) >= 11 is 1.16. The smallest absolute Gasteiger partial charge is 0.407 e. The molecule has 2 aromatic carbocycles. The Morgan fingerprint density at radius 1 is 1.06 bits per heavy atom. The van der Waals surface area contributed by atoms with Crippen LogP contribution in [0.15, 0.2) is 53.9 Å². The van der Waals surface area contributed by atoms with Crippen LogP contribution in [0.1, 0.15) is 65.3 Å². The lowest BCUT2D eigenvalue weighted by Gasteiger charge is -2.21. The van der Waals surface area contributed by atoms with Crippen molar-refractivity contribution in [3.05, 3.63) is 75.7 Å². The van der Waals surface area contributed by atoms with Gasteiger partial charge in [0.2, 0.25) is 5.91 Å². The van der Waals surface area contributed by atoms with E-state index in [9.17, 15) is 14.4 Å². The van der Waals surface area contributed by atoms with E-state index in [1.807, 2.05) is 43.3 Å². The van der Waals surface area contributed by atoms with Gasteiger partial charge in [-0.1, -0.05) is 61.9 Å². The number of benzene rings is 2. The number of ether oxygens (including phenoxy) is 1. The Balaban J connectivity index is 1.37. The quantitative estimate of drug-likeness (QED) is 0.397. The maximum atomic E-state index is 12.9. The second-order valence-electron chi connectivity index (χ2n) is 8.42. The van der Waals surface area contributed by atoms with E-state index in [0.29, 0.717) is 17.8 Å². The number of alkyl carbamates (subject to hydrolysis) is 1. The average molecular weight is 494 g/mol. The zero-order valence-electron chi connectivity index (χ0n) is 19.5. The van der Waals surface area contributed by atoms with Crippen molar-refractivity contribution in [2.45, 2.75) is 44.7 Å². The summed E-state index contributed by atoms with van der Waals surface area (Å²) in [7, 11) is 0. The van der Waals surface area contributed by atoms with Gasteiger partial charge in [-0.3, -0.25) is 4.79 Å². The molecule has 35 heavy (non-hydrogen) atoms. The van der Waals surface area contributed by atoms with Gasteiger partial charge < -0.3 is 20.5 Å². The van der Waals surface area contributed by atoms with E-state index in [-0.39, 0.29) is 24.1 Å². The van der Waals surface area contributed by atoms with Gasteiger partial charge in [0.1, 0.15) is 17.7 Å². The summed E-state index contributed by atoms with van der Waals surface area (Å²) in [5.74, 6) is -1.56. The van der Waals surface area contributed by atoms with Crippen LogP contribution in [0.25, 0.3) is 11.1 Å². The highest BCUT2D eigenvalue weighted by Crippen LogP contribution is 2.44. The van der Waals surface area contributed by atoms with Crippen LogP contribution in [-0.2, 0) is 9.53 Å². The monoisotopic (exact) mass is 493 g/mol. The number of carbonyl (C=O) groups is 3. The van der Waals surface area contributed by atoms with E-state index < -0.39 is 24.1 Å². The van der Waals surface area contributed by atoms with Crippen LogP contribution in [0.5, 0.6) is 0 Å². The summed E-state index contributed by atoms with van der Waals surface area (Å²) in [6.07, 6.45) is 0.452. The minimum Gasteiger partial charge on any atom is -0.476 e. The molecule has 0 fully saturated rings. The first-order chi connectivity index (χ1) is 16.9. The van der Waals surface area contributed by atoms with Gasteiger partial charge in [0.15, 0.2) is 5.69 Å². The molecule has 1 aromatic heterocycles. The molecule has 0 bridgehead atoms. The molecule has 1 heterocycles. The van der Waals surface area contributed by atoms with E-state index in [4.69, 9.17) is 9.84 Å². The highest BCUT2D eigenvalue weighted by atomic mass is 32.1. The zero-order chi connectivity index (χ0) is 24.9. The topological polar surface area (TPSA) is 118 Å². The van der Waals surface area contributed by atoms with E-state index in [2.05, 4.69) is 27.8 Å². The van der Waals surface area contributed by atoms with Gasteiger partial charge in [-0.15, -0.1) is 11.3 Å². The summed E-state index contributed by atoms with van der Waals surface area (Å²) in [4.78, 5) is 40.6. The van der Waals surface area contributed by atoms with Crippen molar-refractivity contribution in [3.8, 4) is 11.1 Å². The third kappa shape index (κ3) is 5.35. The van der Waals surface area contributed by atoms with Crippen molar-refractivity contribution in [1.82, 2.24) is 15.6 Å². The fourth-order valence-corrected chi connectivity index (χ4v) is 5.10. The van der Waals surface area contributed by atoms with E-state index in [1.54, 1.807) is 6.92 Å². The molecule has 182 valence electrons. The second-order valence-corrected chi connectivity index (χ2v) is 9.31. The molecule has 0 spiro atoms. The van der Waals surface area contributed by atoms with Gasteiger partial charge in [0.25, 0.3) is 0 Å². The SMILES string of the molecule is CCCC(NC(=O)OCC1c2ccccc2-c2ccccc21)C(=O)NC(C)c1nc(C(=O)O)cs1. The standard InChI is InChI=1S/C26H27N3O5S/c1-3-8-21(23(30)27-15(2)24-28-22(14-35-24)25(31)32)29-26(33)34-13-20-18-11-6-4-9-16(18)17-10-5-7-12-19(17)20/h4-7,9-12,14-15,20-21H,3,8,13H2,1-2H3,(H,27,30)(H,29,33)(H,31,32). The molecule has 1 aliphatic carbocycles. The van der Waals surface area contributed by atoms with Crippen LogP contribution in [0.2, 0.25) is 0 Å². The third-order valence-electron chi connectivity index (χ3n) is 6.00. The van der Waals surface area contributed by atoms with Crippen molar-refractivity contribution < 1.29 is 24.2 Å². The predicted molar refractivity (Wildman–Crippen MR) is 133 cm³/mol. The van der Waals surface area contributed by atoms with Crippen molar-refractivity contribution in [3.63, 3.8) is 0 Å². The number of carboxylic acid groups (broad SMARTS) is 1. The largest absolute Gasteiger partial charge is 0.476 e. The van der Waals surface area contributed by atoms with Crippen LogP contribution >= 0.6 is 11.3 Å². The minimum absolute atomic E-state index is 0.0621. The molecular formula is C26H27N3O5S. The Bertz CT molecular complexity index is 1200. The number of carbonyl (C=O) groups excluding carboxylic acids is 2. The third-order valence-corrected chi connectivity index (χ3v) is 7.03. The molecule has 2 unspecified atom stereocenters. The summed E-state index contributed by atoms with van der Waals surface area (Å²) in [6, 6.07) is 14.9. The Morgan fingerprint density at radius 3 is 2.26 bits per heavy atom. The number of fused-ring (bicyclic) bond motifs is 3. The number of nitrogens with zero attached hydrogens (tertiary/aromatic N) is 1. The lowest BCUT2D eigenvalue weighted by Crippen LogP contribution is -2.47. The average Bonchev–Trinajstić information content (AvgIpc) is 3.46. The van der Waals surface area contributed by atoms with Crippen molar-refractivity contribution >= 4 is 29.3 Å². The summed E-state index contributed by atoms with van der Waals surface area (Å²) < 4.78 is 5.58. The molecule has 0 saturated carbocycles. The molecule has 2 atom stereocenters. The maximum Gasteiger partial charge on any atom is 0.407 e. The van der Waals surface area contributed by atoms with E-state index in [1.165, 1.54) is 5.38 Å². The lowest BCUT2D eigenvalue weighted by atomic mass is 9.98. The number of thiazole rings is 1. The maximum absolute atomic E-state index is 12.9. The van der Waals surface area contributed by atoms with Crippen molar-refractivity contribution in [2.24, 2.45) is 0 Å². The summed E-state index contributed by atoms with van der Waals surface area (Å²) in [5.41, 5.74) is 4.45. The van der Waals surface area contributed by atoms with Gasteiger partial charge in [0.05, 0.1) is 6.04 Å². The molecule has 0 saturated heterocycles. The number of hydrogen-bond acceptors (Lipinski definition) is 6. The van der Waals surface area contributed by atoms with Crippen LogP contribution < -0.4 is 10.6 Å². The fourth-order valence-electron chi connectivity index (χ4n) is 4.30. The highest BCUT2D eigenvalue weighted by molar-refractivity contribution is 7.09. The van der Waals surface area contributed by atoms with Crippen LogP contribution in [0, 0.1) is 0 Å². The first kappa shape index (κ1) is 24.4. The molecular weight excluding hydrogens is 466 g/mol. The van der Waals surface area contributed by atoms with Crippen LogP contribution in [0.3, 0.4) is 0 Å². The first-order valence-electron chi connectivity index (χ1n) is 11.5. The molecule has 0 aliphatic heterocycles. The predicted octanol–water partition coefficient (Wildman–Crippen LogP) is 4.73. The lowest BCUT2D eigenvalue weighted by molar-refractivity contribution is -0.123. The summed E-state index contributed by atoms with van der Waals surface area (Å²) in [6.45, 7) is 3.80. The van der Waals surface area contributed by atoms with Gasteiger partial charge in [-0.25, -0.2) is 14.6 Å². The Hall–Kier alpha value is -3.72. The summed E-state index contributed by atoms with van der Waals surface area (Å²) in [5, 5.41) is 16.5. The molecule has 1 aliphatic rings. The zero-order valence-corrected chi connectivity index (χ0v) is 20.3. The molecule has 3 N–H and O–H groups in total. The van der Waals surface area contributed by atoms with Crippen molar-refractivity contribution in [2.75, 3.05) is 6.61 Å². The molecule has 9 heteroatoms. The number of nitrogens with one attached hydrogen (secondary N) is 2. The first-order valence-corrected chi connectivity index (χ1v) is 12.4. The van der Waals surface area contributed by atoms with E-state index in [0.717, 1.165) is 33.6 Å². The molecule has 0 radical (unpaired) electrons. The molecule has 3 aromatic rings. The second kappa shape index (κ2) is 10.7. The van der Waals surface area contributed by atoms with Crippen molar-refractivity contribution in [1.29, 1.82) is 0 Å². The Morgan fingerprint density at radius 2 is 1.69 bits per heavy atom. The molecule has 4 rings (SSSR count). The normalized spacial score (nSPS) is 13.9. The number of aromatic nitrogens is 1.